The molecule has 20 heteroatoms. The summed E-state index contributed by atoms with van der Waals surface area (Å²) >= 11 is 0. The molecule has 0 saturated carbocycles. The van der Waals surface area contributed by atoms with Gasteiger partial charge in [-0.25, -0.2) is 24.7 Å². The monoisotopic (exact) mass is 868 g/mol. The zero-order valence-corrected chi connectivity index (χ0v) is 36.2. The number of aromatic nitrogens is 5. The average Bonchev–Trinajstić information content (AvgIpc) is 4.05. The summed E-state index contributed by atoms with van der Waals surface area (Å²) in [6, 6.07) is 5.86. The van der Waals surface area contributed by atoms with Gasteiger partial charge in [0.2, 0.25) is 29.7 Å². The number of carbonyl (C=O) groups is 4. The first-order chi connectivity index (χ1) is 30.4. The summed E-state index contributed by atoms with van der Waals surface area (Å²) in [6.07, 6.45) is 4.56. The number of hydrogen-bond donors (Lipinski definition) is 3. The standard InChI is InChI=1S/C43H52N10O10/c1-7-28-36(62-24(3)45-28)39(55)49-42-48-31-21-27(41(57)59-6)23-32(58-5)34(31)52(42)13-9-10-14-53-35-30(47-43(53)50-40(56)37-29(8-2)46-25(4)63-37)20-26(38(44)54)22-33(35)61-17-11-12-51-15-18-60-19-16-51/h9-10,20-23,28,36H,7-8,11-19H2,1-6H3,(H2,44,54)(H,47,50,56)(H,48,49,55)/b10-9+. The highest BCUT2D eigenvalue weighted by molar-refractivity contribution is 6.04. The van der Waals surface area contributed by atoms with E-state index >= 15 is 0 Å². The molecule has 2 aromatic carbocycles. The van der Waals surface area contributed by atoms with E-state index in [4.69, 9.17) is 43.8 Å². The van der Waals surface area contributed by atoms with Crippen LogP contribution in [0, 0.1) is 6.92 Å². The van der Waals surface area contributed by atoms with Crippen LogP contribution in [-0.4, -0.2) is 124 Å². The molecule has 7 rings (SSSR count). The van der Waals surface area contributed by atoms with Crippen LogP contribution in [-0.2, 0) is 38.5 Å². The summed E-state index contributed by atoms with van der Waals surface area (Å²) in [6.45, 7) is 11.6. The molecule has 63 heavy (non-hydrogen) atoms. The number of anilines is 2. The Hall–Kier alpha value is -6.80. The number of aryl methyl sites for hydroxylation is 2. The van der Waals surface area contributed by atoms with Crippen molar-refractivity contribution in [3.8, 4) is 11.5 Å². The summed E-state index contributed by atoms with van der Waals surface area (Å²) in [4.78, 5) is 73.2. The molecule has 20 nitrogen and oxygen atoms in total. The fraction of sp³-hybridized carbons (Fsp3) is 0.442. The second-order valence-corrected chi connectivity index (χ2v) is 14.9. The van der Waals surface area contributed by atoms with Gasteiger partial charge >= 0.3 is 5.97 Å². The number of benzene rings is 2. The molecule has 2 atom stereocenters. The molecule has 1 saturated heterocycles. The van der Waals surface area contributed by atoms with E-state index in [-0.39, 0.29) is 47.9 Å². The first kappa shape index (κ1) is 44.3. The Bertz CT molecular complexity index is 2590. The molecular weight excluding hydrogens is 817 g/mol. The van der Waals surface area contributed by atoms with Gasteiger partial charge in [-0.15, -0.1) is 0 Å². The van der Waals surface area contributed by atoms with Gasteiger partial charge in [0.1, 0.15) is 22.5 Å². The summed E-state index contributed by atoms with van der Waals surface area (Å²) in [5.74, 6) is -0.453. The Morgan fingerprint density at radius 2 is 1.54 bits per heavy atom. The Kier molecular flexibility index (Phi) is 13.7. The molecule has 3 amide bonds. The Balaban J connectivity index is 1.24. The van der Waals surface area contributed by atoms with Crippen molar-refractivity contribution in [3.63, 3.8) is 0 Å². The van der Waals surface area contributed by atoms with E-state index in [9.17, 15) is 19.2 Å². The lowest BCUT2D eigenvalue weighted by Gasteiger charge is -2.26. The minimum absolute atomic E-state index is 0.0578. The van der Waals surface area contributed by atoms with Crippen LogP contribution in [0.3, 0.4) is 0 Å². The van der Waals surface area contributed by atoms with Crippen molar-refractivity contribution < 1.29 is 47.3 Å². The molecule has 334 valence electrons. The van der Waals surface area contributed by atoms with Gasteiger partial charge in [0.15, 0.2) is 11.8 Å². The Morgan fingerprint density at radius 3 is 2.17 bits per heavy atom. The first-order valence-electron chi connectivity index (χ1n) is 20.8. The zero-order valence-electron chi connectivity index (χ0n) is 36.2. The van der Waals surface area contributed by atoms with Crippen LogP contribution >= 0.6 is 0 Å². The number of nitrogens with two attached hydrogens (primary N) is 1. The van der Waals surface area contributed by atoms with Crippen LogP contribution in [0.15, 0.2) is 45.8 Å². The molecule has 3 aromatic heterocycles. The number of ether oxygens (including phenoxy) is 5. The van der Waals surface area contributed by atoms with E-state index in [0.717, 1.165) is 19.6 Å². The number of nitrogens with one attached hydrogen (secondary N) is 2. The molecule has 5 heterocycles. The van der Waals surface area contributed by atoms with Crippen LogP contribution in [0.1, 0.15) is 76.5 Å². The van der Waals surface area contributed by atoms with E-state index in [0.29, 0.717) is 90.1 Å². The summed E-state index contributed by atoms with van der Waals surface area (Å²) in [5.41, 5.74) is 8.38. The highest BCUT2D eigenvalue weighted by atomic mass is 16.5. The number of aliphatic imine (C=N–C) groups is 1. The van der Waals surface area contributed by atoms with Crippen molar-refractivity contribution in [2.24, 2.45) is 10.7 Å². The van der Waals surface area contributed by atoms with Crippen LogP contribution in [0.4, 0.5) is 11.9 Å². The van der Waals surface area contributed by atoms with E-state index in [2.05, 4.69) is 25.5 Å². The smallest absolute Gasteiger partial charge is 0.338 e. The third-order valence-electron chi connectivity index (χ3n) is 10.7. The van der Waals surface area contributed by atoms with Gasteiger partial charge in [-0.05, 0) is 43.5 Å². The largest absolute Gasteiger partial charge is 0.494 e. The average molecular weight is 869 g/mol. The number of hydrogen-bond acceptors (Lipinski definition) is 15. The molecule has 0 spiro atoms. The minimum atomic E-state index is -0.866. The number of carbonyl (C=O) groups excluding carboxylic acids is 4. The number of methoxy groups -OCH3 is 2. The van der Waals surface area contributed by atoms with Gasteiger partial charge in [-0.1, -0.05) is 26.0 Å². The number of morpholine rings is 1. The van der Waals surface area contributed by atoms with E-state index in [1.54, 1.807) is 47.2 Å². The lowest BCUT2D eigenvalue weighted by Crippen LogP contribution is -2.37. The van der Waals surface area contributed by atoms with Crippen molar-refractivity contribution in [1.82, 2.24) is 29.0 Å². The normalized spacial score (nSPS) is 16.6. The molecule has 4 N–H and O–H groups in total. The second kappa shape index (κ2) is 19.5. The number of primary amides is 1. The highest BCUT2D eigenvalue weighted by Crippen LogP contribution is 2.34. The topological polar surface area (TPSA) is 242 Å². The molecule has 2 aliphatic heterocycles. The van der Waals surface area contributed by atoms with Gasteiger partial charge in [0, 0.05) is 52.1 Å². The maximum Gasteiger partial charge on any atom is 0.338 e. The number of amides is 3. The molecule has 2 unspecified atom stereocenters. The number of rotatable bonds is 18. The number of imidazole rings is 2. The predicted molar refractivity (Wildman–Crippen MR) is 232 cm³/mol. The molecule has 1 fully saturated rings. The van der Waals surface area contributed by atoms with Gasteiger partial charge < -0.3 is 43.0 Å². The van der Waals surface area contributed by atoms with Crippen molar-refractivity contribution in [2.75, 3.05) is 64.3 Å². The summed E-state index contributed by atoms with van der Waals surface area (Å²) in [5, 5.41) is 5.80. The Labute approximate surface area is 362 Å². The first-order valence-corrected chi connectivity index (χ1v) is 20.8. The molecular formula is C43H52N10O10. The van der Waals surface area contributed by atoms with Gasteiger partial charge in [-0.2, -0.15) is 0 Å². The van der Waals surface area contributed by atoms with Crippen LogP contribution < -0.4 is 25.8 Å². The molecule has 0 bridgehead atoms. The van der Waals surface area contributed by atoms with E-state index < -0.39 is 29.8 Å². The third kappa shape index (κ3) is 9.66. The van der Waals surface area contributed by atoms with E-state index in [1.807, 2.05) is 26.0 Å². The third-order valence-corrected chi connectivity index (χ3v) is 10.7. The lowest BCUT2D eigenvalue weighted by atomic mass is 10.1. The highest BCUT2D eigenvalue weighted by Gasteiger charge is 2.35. The summed E-state index contributed by atoms with van der Waals surface area (Å²) < 4.78 is 37.5. The number of nitrogens with zero attached hydrogens (tertiary/aromatic N) is 7. The van der Waals surface area contributed by atoms with Crippen molar-refractivity contribution >= 4 is 63.6 Å². The molecule has 2 aliphatic rings. The number of allylic oxidation sites excluding steroid dienone is 2. The minimum Gasteiger partial charge on any atom is -0.494 e. The second-order valence-electron chi connectivity index (χ2n) is 14.9. The van der Waals surface area contributed by atoms with Crippen molar-refractivity contribution in [2.45, 2.75) is 72.2 Å². The Morgan fingerprint density at radius 1 is 0.889 bits per heavy atom. The fourth-order valence-corrected chi connectivity index (χ4v) is 7.66. The zero-order chi connectivity index (χ0) is 44.8. The fourth-order valence-electron chi connectivity index (χ4n) is 7.66. The number of oxazole rings is 1. The number of esters is 1. The van der Waals surface area contributed by atoms with Crippen molar-refractivity contribution in [1.29, 1.82) is 0 Å². The van der Waals surface area contributed by atoms with Crippen LogP contribution in [0.25, 0.3) is 22.1 Å². The van der Waals surface area contributed by atoms with Crippen LogP contribution in [0.2, 0.25) is 0 Å². The van der Waals surface area contributed by atoms with Gasteiger partial charge in [0.05, 0.1) is 62.4 Å². The van der Waals surface area contributed by atoms with Gasteiger partial charge in [0.25, 0.3) is 11.8 Å². The maximum absolute atomic E-state index is 13.8. The maximum atomic E-state index is 13.8. The quantitative estimate of drug-likeness (QED) is 0.0633. The predicted octanol–water partition coefficient (Wildman–Crippen LogP) is 4.28. The van der Waals surface area contributed by atoms with E-state index in [1.165, 1.54) is 14.2 Å². The molecule has 0 radical (unpaired) electrons. The van der Waals surface area contributed by atoms with Crippen molar-refractivity contribution in [3.05, 3.63) is 64.9 Å². The summed E-state index contributed by atoms with van der Waals surface area (Å²) in [7, 11) is 2.75. The SMILES string of the molecule is CCc1nc(C)oc1C(=O)Nc1nc2cc(C(N)=O)cc(OCCCN3CCOCC3)c2n1C/C=C/Cn1c(NC(=O)C2OC(C)=NC2CC)nc2cc(C(=O)OC)cc(OC)c21. The van der Waals surface area contributed by atoms with Crippen LogP contribution in [0.5, 0.6) is 11.5 Å². The molecule has 5 aromatic rings. The number of fused-ring (bicyclic) bond motifs is 2. The lowest BCUT2D eigenvalue weighted by molar-refractivity contribution is -0.123. The molecule has 0 aliphatic carbocycles. The van der Waals surface area contributed by atoms with Gasteiger partial charge in [-0.3, -0.25) is 29.9 Å².